The second-order valence-electron chi connectivity index (χ2n) is 7.15. The normalized spacial score (nSPS) is 17.2. The summed E-state index contributed by atoms with van der Waals surface area (Å²) in [6.45, 7) is 5.52. The van der Waals surface area contributed by atoms with E-state index < -0.39 is 6.09 Å². The Kier molecular flexibility index (Phi) is 5.26. The molecule has 0 bridgehead atoms. The third-order valence-corrected chi connectivity index (χ3v) is 4.62. The number of piperazine rings is 1. The van der Waals surface area contributed by atoms with Crippen LogP contribution in [0.5, 0.6) is 0 Å². The van der Waals surface area contributed by atoms with E-state index in [1.165, 1.54) is 11.1 Å². The van der Waals surface area contributed by atoms with Gasteiger partial charge in [-0.3, -0.25) is 4.68 Å². The topological polar surface area (TPSA) is 111 Å². The van der Waals surface area contributed by atoms with Crippen LogP contribution in [0, 0.1) is 17.2 Å². The summed E-state index contributed by atoms with van der Waals surface area (Å²) in [4.78, 5) is 23.9. The summed E-state index contributed by atoms with van der Waals surface area (Å²) in [5.41, 5.74) is 1.15. The number of aryl methyl sites for hydroxylation is 1. The third kappa shape index (κ3) is 4.00. The molecule has 9 heteroatoms. The zero-order valence-corrected chi connectivity index (χ0v) is 15.7. The van der Waals surface area contributed by atoms with Crippen LogP contribution in [0.1, 0.15) is 25.8 Å². The van der Waals surface area contributed by atoms with E-state index in [1.54, 1.807) is 10.9 Å². The van der Waals surface area contributed by atoms with E-state index in [0.717, 1.165) is 12.0 Å². The average Bonchev–Trinajstić information content (AvgIpc) is 3.06. The summed E-state index contributed by atoms with van der Waals surface area (Å²) >= 11 is 0. The number of hydrogen-bond donors (Lipinski definition) is 1. The molecule has 0 spiro atoms. The molecule has 0 saturated carbocycles. The van der Waals surface area contributed by atoms with Gasteiger partial charge in [0.2, 0.25) is 0 Å². The van der Waals surface area contributed by atoms with E-state index in [4.69, 9.17) is 0 Å². The highest BCUT2D eigenvalue weighted by atomic mass is 16.4. The number of amides is 1. The van der Waals surface area contributed by atoms with E-state index in [2.05, 4.69) is 35.0 Å². The van der Waals surface area contributed by atoms with Gasteiger partial charge in [-0.05, 0) is 12.3 Å². The Balaban J connectivity index is 1.92. The number of nitrogens with zero attached hydrogens (tertiary/aromatic N) is 7. The maximum Gasteiger partial charge on any atom is 0.407 e. The molecule has 1 aliphatic heterocycles. The fraction of sp³-hybridized carbons (Fsp3) is 0.500. The highest BCUT2D eigenvalue weighted by Gasteiger charge is 2.32. The number of nitriles is 1. The van der Waals surface area contributed by atoms with Crippen molar-refractivity contribution in [3.8, 4) is 17.5 Å². The fourth-order valence-corrected chi connectivity index (χ4v) is 3.41. The third-order valence-electron chi connectivity index (χ3n) is 4.62. The standard InChI is InChI=1S/C18H23N7O2/c1-12(2)6-15-11-24(4-5-25(15)18(26)27)17-13(7-19)8-20-16(22-17)14-9-21-23(3)10-14/h8-10,12,15H,4-6,11H2,1-3H3,(H,26,27). The summed E-state index contributed by atoms with van der Waals surface area (Å²) in [6, 6.07) is 2.01. The first-order valence-electron chi connectivity index (χ1n) is 8.89. The lowest BCUT2D eigenvalue weighted by molar-refractivity contribution is 0.111. The maximum atomic E-state index is 11.6. The lowest BCUT2D eigenvalue weighted by Gasteiger charge is -2.41. The molecule has 27 heavy (non-hydrogen) atoms. The van der Waals surface area contributed by atoms with Gasteiger partial charge in [-0.2, -0.15) is 10.4 Å². The van der Waals surface area contributed by atoms with Crippen molar-refractivity contribution in [3.05, 3.63) is 24.2 Å². The van der Waals surface area contributed by atoms with Crippen LogP contribution in [-0.4, -0.2) is 61.5 Å². The van der Waals surface area contributed by atoms with Crippen molar-refractivity contribution < 1.29 is 9.90 Å². The molecule has 3 heterocycles. The average molecular weight is 369 g/mol. The minimum atomic E-state index is -0.903. The summed E-state index contributed by atoms with van der Waals surface area (Å²) in [7, 11) is 1.82. The molecule has 1 amide bonds. The second kappa shape index (κ2) is 7.61. The number of hydrogen-bond acceptors (Lipinski definition) is 6. The highest BCUT2D eigenvalue weighted by Crippen LogP contribution is 2.26. The van der Waals surface area contributed by atoms with Crippen LogP contribution in [0.4, 0.5) is 10.6 Å². The Morgan fingerprint density at radius 2 is 2.19 bits per heavy atom. The molecule has 1 fully saturated rings. The van der Waals surface area contributed by atoms with Crippen molar-refractivity contribution >= 4 is 11.9 Å². The first-order valence-corrected chi connectivity index (χ1v) is 8.89. The summed E-state index contributed by atoms with van der Waals surface area (Å²) in [6.07, 6.45) is 4.86. The van der Waals surface area contributed by atoms with Gasteiger partial charge < -0.3 is 14.9 Å². The number of rotatable bonds is 4. The first kappa shape index (κ1) is 18.6. The van der Waals surface area contributed by atoms with Crippen molar-refractivity contribution in [3.63, 3.8) is 0 Å². The van der Waals surface area contributed by atoms with Crippen LogP contribution in [0.2, 0.25) is 0 Å². The zero-order valence-electron chi connectivity index (χ0n) is 15.7. The van der Waals surface area contributed by atoms with Crippen molar-refractivity contribution in [1.29, 1.82) is 5.26 Å². The molecule has 1 atom stereocenters. The van der Waals surface area contributed by atoms with Gasteiger partial charge in [0.05, 0.1) is 24.0 Å². The predicted molar refractivity (Wildman–Crippen MR) is 99.1 cm³/mol. The molecule has 0 radical (unpaired) electrons. The molecule has 142 valence electrons. The van der Waals surface area contributed by atoms with Crippen molar-refractivity contribution in [2.75, 3.05) is 24.5 Å². The van der Waals surface area contributed by atoms with Gasteiger partial charge in [0, 0.05) is 32.9 Å². The minimum absolute atomic E-state index is 0.139. The van der Waals surface area contributed by atoms with Gasteiger partial charge in [0.1, 0.15) is 11.6 Å². The van der Waals surface area contributed by atoms with E-state index in [1.807, 2.05) is 18.1 Å². The second-order valence-corrected chi connectivity index (χ2v) is 7.15. The lowest BCUT2D eigenvalue weighted by Crippen LogP contribution is -2.55. The van der Waals surface area contributed by atoms with Crippen LogP contribution in [0.25, 0.3) is 11.4 Å². The van der Waals surface area contributed by atoms with Gasteiger partial charge in [-0.25, -0.2) is 14.8 Å². The largest absolute Gasteiger partial charge is 0.465 e. The molecule has 1 saturated heterocycles. The SMILES string of the molecule is CC(C)CC1CN(c2nc(-c3cnn(C)c3)ncc2C#N)CCN1C(=O)O. The van der Waals surface area contributed by atoms with Gasteiger partial charge in [0.25, 0.3) is 0 Å². The Morgan fingerprint density at radius 1 is 1.41 bits per heavy atom. The fourth-order valence-electron chi connectivity index (χ4n) is 3.41. The molecular weight excluding hydrogens is 346 g/mol. The van der Waals surface area contributed by atoms with Crippen LogP contribution < -0.4 is 4.90 Å². The number of anilines is 1. The predicted octanol–water partition coefficient (Wildman–Crippen LogP) is 1.96. The molecular formula is C18H23N7O2. The van der Waals surface area contributed by atoms with E-state index in [9.17, 15) is 15.2 Å². The van der Waals surface area contributed by atoms with Crippen LogP contribution in [0.15, 0.2) is 18.6 Å². The van der Waals surface area contributed by atoms with Crippen LogP contribution >= 0.6 is 0 Å². The minimum Gasteiger partial charge on any atom is -0.465 e. The first-order chi connectivity index (χ1) is 12.9. The van der Waals surface area contributed by atoms with E-state index >= 15 is 0 Å². The van der Waals surface area contributed by atoms with Gasteiger partial charge in [-0.1, -0.05) is 13.8 Å². The molecule has 1 N–H and O–H groups in total. The zero-order chi connectivity index (χ0) is 19.6. The van der Waals surface area contributed by atoms with E-state index in [-0.39, 0.29) is 6.04 Å². The number of carbonyl (C=O) groups is 1. The van der Waals surface area contributed by atoms with Crippen molar-refractivity contribution in [1.82, 2.24) is 24.6 Å². The Bertz CT molecular complexity index is 871. The molecule has 9 nitrogen and oxygen atoms in total. The number of carboxylic acid groups (broad SMARTS) is 1. The molecule has 2 aromatic heterocycles. The molecule has 2 aromatic rings. The molecule has 1 unspecified atom stereocenters. The quantitative estimate of drug-likeness (QED) is 0.877. The molecule has 0 aliphatic carbocycles. The van der Waals surface area contributed by atoms with Crippen molar-refractivity contribution in [2.45, 2.75) is 26.3 Å². The van der Waals surface area contributed by atoms with Gasteiger partial charge >= 0.3 is 6.09 Å². The summed E-state index contributed by atoms with van der Waals surface area (Å²) in [5.74, 6) is 1.41. The van der Waals surface area contributed by atoms with Crippen LogP contribution in [0.3, 0.4) is 0 Å². The van der Waals surface area contributed by atoms with Crippen molar-refractivity contribution in [2.24, 2.45) is 13.0 Å². The maximum absolute atomic E-state index is 11.6. The molecule has 3 rings (SSSR count). The van der Waals surface area contributed by atoms with Crippen LogP contribution in [-0.2, 0) is 7.05 Å². The smallest absolute Gasteiger partial charge is 0.407 e. The lowest BCUT2D eigenvalue weighted by atomic mass is 10.00. The Labute approximate surface area is 157 Å². The van der Waals surface area contributed by atoms with Gasteiger partial charge in [-0.15, -0.1) is 0 Å². The van der Waals surface area contributed by atoms with E-state index in [0.29, 0.717) is 42.8 Å². The monoisotopic (exact) mass is 369 g/mol. The Hall–Kier alpha value is -3.15. The molecule has 1 aliphatic rings. The number of aromatic nitrogens is 4. The Morgan fingerprint density at radius 3 is 2.78 bits per heavy atom. The molecule has 0 aromatic carbocycles. The highest BCUT2D eigenvalue weighted by molar-refractivity contribution is 5.67. The summed E-state index contributed by atoms with van der Waals surface area (Å²) < 4.78 is 1.67. The summed E-state index contributed by atoms with van der Waals surface area (Å²) in [5, 5.41) is 23.1. The van der Waals surface area contributed by atoms with Gasteiger partial charge in [0.15, 0.2) is 11.6 Å².